The maximum atomic E-state index is 13.5. The van der Waals surface area contributed by atoms with E-state index in [1.165, 1.54) is 23.1 Å². The van der Waals surface area contributed by atoms with Crippen molar-refractivity contribution >= 4 is 23.2 Å². The molecule has 0 aromatic heterocycles. The molecular weight excluding hydrogens is 231 g/mol. The number of carbonyl (C=O) groups is 1. The maximum Gasteiger partial charge on any atom is 0.232 e. The Labute approximate surface area is 98.2 Å². The summed E-state index contributed by atoms with van der Waals surface area (Å²) in [5.41, 5.74) is 0.226. The van der Waals surface area contributed by atoms with Gasteiger partial charge in [0.1, 0.15) is 5.82 Å². The lowest BCUT2D eigenvalue weighted by Crippen LogP contribution is -2.51. The summed E-state index contributed by atoms with van der Waals surface area (Å²) in [5.74, 6) is -0.573. The fourth-order valence-corrected chi connectivity index (χ4v) is 1.77. The van der Waals surface area contributed by atoms with Gasteiger partial charge in [-0.1, -0.05) is 11.6 Å². The summed E-state index contributed by atoms with van der Waals surface area (Å²) < 4.78 is 13.5. The highest BCUT2D eigenvalue weighted by Crippen LogP contribution is 2.24. The minimum Gasteiger partial charge on any atom is -0.315 e. The normalized spacial score (nSPS) is 15.7. The third kappa shape index (κ3) is 2.03. The topological polar surface area (TPSA) is 32.3 Å². The van der Waals surface area contributed by atoms with E-state index in [2.05, 4.69) is 5.32 Å². The second-order valence-corrected chi connectivity index (χ2v) is 4.28. The Morgan fingerprint density at radius 1 is 1.56 bits per heavy atom. The van der Waals surface area contributed by atoms with Crippen molar-refractivity contribution in [2.45, 2.75) is 0 Å². The summed E-state index contributed by atoms with van der Waals surface area (Å²) in [5, 5.41) is 3.43. The molecule has 86 valence electrons. The first-order valence-corrected chi connectivity index (χ1v) is 5.40. The molecule has 0 atom stereocenters. The number of rotatable bonds is 2. The molecule has 5 heteroatoms. The summed E-state index contributed by atoms with van der Waals surface area (Å²) in [6.07, 6.45) is 0. The fourth-order valence-electron chi connectivity index (χ4n) is 1.60. The van der Waals surface area contributed by atoms with Crippen LogP contribution < -0.4 is 10.2 Å². The highest BCUT2D eigenvalue weighted by molar-refractivity contribution is 6.30. The molecule has 2 rings (SSSR count). The molecule has 16 heavy (non-hydrogen) atoms. The summed E-state index contributed by atoms with van der Waals surface area (Å²) in [7, 11) is 1.56. The second-order valence-electron chi connectivity index (χ2n) is 3.85. The molecule has 0 unspecified atom stereocenters. The van der Waals surface area contributed by atoms with E-state index in [0.717, 1.165) is 0 Å². The SMILES string of the molecule is CN(C(=O)C1CNC1)c1cc(Cl)ccc1F. The Hall–Kier alpha value is -1.13. The molecule has 1 amide bonds. The summed E-state index contributed by atoms with van der Waals surface area (Å²) in [6.45, 7) is 1.32. The van der Waals surface area contributed by atoms with E-state index in [1.807, 2.05) is 0 Å². The number of amides is 1. The van der Waals surface area contributed by atoms with Crippen molar-refractivity contribution in [3.63, 3.8) is 0 Å². The van der Waals surface area contributed by atoms with Crippen LogP contribution in [0.25, 0.3) is 0 Å². The number of hydrogen-bond donors (Lipinski definition) is 1. The number of nitrogens with zero attached hydrogens (tertiary/aromatic N) is 1. The van der Waals surface area contributed by atoms with Crippen LogP contribution in [0.2, 0.25) is 5.02 Å². The van der Waals surface area contributed by atoms with E-state index in [-0.39, 0.29) is 17.5 Å². The zero-order valence-electron chi connectivity index (χ0n) is 8.84. The van der Waals surface area contributed by atoms with Gasteiger partial charge in [0.25, 0.3) is 0 Å². The van der Waals surface area contributed by atoms with Crippen LogP contribution in [0, 0.1) is 11.7 Å². The molecule has 3 nitrogen and oxygen atoms in total. The Morgan fingerprint density at radius 2 is 2.25 bits per heavy atom. The number of nitrogens with one attached hydrogen (secondary N) is 1. The molecule has 1 saturated heterocycles. The van der Waals surface area contributed by atoms with Crippen molar-refractivity contribution in [2.24, 2.45) is 5.92 Å². The molecular formula is C11H12ClFN2O. The predicted octanol–water partition coefficient (Wildman–Crippen LogP) is 1.66. The smallest absolute Gasteiger partial charge is 0.232 e. The average molecular weight is 243 g/mol. The molecule has 1 aromatic rings. The monoisotopic (exact) mass is 242 g/mol. The Morgan fingerprint density at radius 3 is 2.81 bits per heavy atom. The number of halogens is 2. The van der Waals surface area contributed by atoms with Crippen molar-refractivity contribution in [1.29, 1.82) is 0 Å². The number of carbonyl (C=O) groups excluding carboxylic acids is 1. The summed E-state index contributed by atoms with van der Waals surface area (Å²) in [6, 6.07) is 4.19. The molecule has 1 heterocycles. The van der Waals surface area contributed by atoms with Gasteiger partial charge < -0.3 is 10.2 Å². The third-order valence-corrected chi connectivity index (χ3v) is 2.97. The van der Waals surface area contributed by atoms with Gasteiger partial charge in [0.05, 0.1) is 11.6 Å². The predicted molar refractivity (Wildman–Crippen MR) is 61.2 cm³/mol. The quantitative estimate of drug-likeness (QED) is 0.856. The summed E-state index contributed by atoms with van der Waals surface area (Å²) in [4.78, 5) is 13.2. The van der Waals surface area contributed by atoms with Gasteiger partial charge >= 0.3 is 0 Å². The zero-order chi connectivity index (χ0) is 11.7. The van der Waals surface area contributed by atoms with E-state index in [9.17, 15) is 9.18 Å². The first kappa shape index (κ1) is 11.4. The Bertz CT molecular complexity index is 420. The van der Waals surface area contributed by atoms with Crippen LogP contribution in [0.15, 0.2) is 18.2 Å². The molecule has 1 aromatic carbocycles. The second kappa shape index (κ2) is 4.39. The van der Waals surface area contributed by atoms with E-state index in [4.69, 9.17) is 11.6 Å². The van der Waals surface area contributed by atoms with Crippen LogP contribution in [0.3, 0.4) is 0 Å². The van der Waals surface area contributed by atoms with Gasteiger partial charge in [-0.3, -0.25) is 4.79 Å². The molecule has 0 aliphatic carbocycles. The van der Waals surface area contributed by atoms with E-state index >= 15 is 0 Å². The average Bonchev–Trinajstić information content (AvgIpc) is 2.18. The van der Waals surface area contributed by atoms with Gasteiger partial charge in [0, 0.05) is 25.2 Å². The number of anilines is 1. The first-order chi connectivity index (χ1) is 7.59. The van der Waals surface area contributed by atoms with E-state index in [1.54, 1.807) is 7.05 Å². The maximum absolute atomic E-state index is 13.5. The van der Waals surface area contributed by atoms with Crippen LogP contribution in [-0.4, -0.2) is 26.0 Å². The van der Waals surface area contributed by atoms with E-state index in [0.29, 0.717) is 18.1 Å². The Balaban J connectivity index is 2.22. The van der Waals surface area contributed by atoms with Crippen molar-refractivity contribution in [3.05, 3.63) is 29.0 Å². The largest absolute Gasteiger partial charge is 0.315 e. The molecule has 0 radical (unpaired) electrons. The molecule has 0 bridgehead atoms. The lowest BCUT2D eigenvalue weighted by atomic mass is 10.0. The van der Waals surface area contributed by atoms with Gasteiger partial charge in [-0.05, 0) is 18.2 Å². The van der Waals surface area contributed by atoms with Crippen LogP contribution in [0.5, 0.6) is 0 Å². The molecule has 1 aliphatic heterocycles. The van der Waals surface area contributed by atoms with Crippen molar-refractivity contribution < 1.29 is 9.18 Å². The summed E-state index contributed by atoms with van der Waals surface area (Å²) >= 11 is 5.78. The minimum atomic E-state index is -0.437. The van der Waals surface area contributed by atoms with Gasteiger partial charge in [0.2, 0.25) is 5.91 Å². The lowest BCUT2D eigenvalue weighted by molar-refractivity contribution is -0.123. The highest BCUT2D eigenvalue weighted by atomic mass is 35.5. The van der Waals surface area contributed by atoms with Crippen LogP contribution in [0.4, 0.5) is 10.1 Å². The minimum absolute atomic E-state index is 0.0524. The van der Waals surface area contributed by atoms with Gasteiger partial charge in [0.15, 0.2) is 0 Å². The molecule has 1 aliphatic rings. The molecule has 1 N–H and O–H groups in total. The molecule has 1 fully saturated rings. The van der Waals surface area contributed by atoms with Crippen molar-refractivity contribution in [3.8, 4) is 0 Å². The third-order valence-electron chi connectivity index (χ3n) is 2.73. The van der Waals surface area contributed by atoms with Gasteiger partial charge in [-0.25, -0.2) is 4.39 Å². The fraction of sp³-hybridized carbons (Fsp3) is 0.364. The van der Waals surface area contributed by atoms with Crippen LogP contribution in [-0.2, 0) is 4.79 Å². The van der Waals surface area contributed by atoms with Crippen LogP contribution in [0.1, 0.15) is 0 Å². The Kier molecular flexibility index (Phi) is 3.12. The zero-order valence-corrected chi connectivity index (χ0v) is 9.59. The molecule has 0 saturated carbocycles. The highest BCUT2D eigenvalue weighted by Gasteiger charge is 2.29. The number of hydrogen-bond acceptors (Lipinski definition) is 2. The van der Waals surface area contributed by atoms with E-state index < -0.39 is 5.82 Å². The van der Waals surface area contributed by atoms with Gasteiger partial charge in [-0.15, -0.1) is 0 Å². The lowest BCUT2D eigenvalue weighted by Gasteiger charge is -2.30. The standard InChI is InChI=1S/C11H12ClFN2O/c1-15(11(16)7-5-14-6-7)10-4-8(12)2-3-9(10)13/h2-4,7,14H,5-6H2,1H3. The first-order valence-electron chi connectivity index (χ1n) is 5.03. The molecule has 0 spiro atoms. The van der Waals surface area contributed by atoms with Gasteiger partial charge in [-0.2, -0.15) is 0 Å². The van der Waals surface area contributed by atoms with Crippen LogP contribution >= 0.6 is 11.6 Å². The number of benzene rings is 1. The van der Waals surface area contributed by atoms with Crippen molar-refractivity contribution in [1.82, 2.24) is 5.32 Å². The van der Waals surface area contributed by atoms with Crippen molar-refractivity contribution in [2.75, 3.05) is 25.0 Å².